The van der Waals surface area contributed by atoms with Crippen LogP contribution in [0.1, 0.15) is 52.1 Å². The first kappa shape index (κ1) is 23.7. The van der Waals surface area contributed by atoms with Crippen molar-refractivity contribution in [1.29, 1.82) is 0 Å². The molecule has 4 rings (SSSR count). The molecule has 0 bridgehead atoms. The van der Waals surface area contributed by atoms with Crippen LogP contribution in [0.2, 0.25) is 0 Å². The van der Waals surface area contributed by atoms with E-state index >= 15 is 0 Å². The highest BCUT2D eigenvalue weighted by molar-refractivity contribution is 6.04. The SMILES string of the molecule is CN(CCCNC(=O)c1ncoc1-c1ccccc1C(=O)N1CCCCC1)Cc1ccccc1. The molecule has 2 aromatic carbocycles. The number of carbonyl (C=O) groups excluding carboxylic acids is 2. The van der Waals surface area contributed by atoms with E-state index in [1.807, 2.05) is 41.3 Å². The molecule has 3 aromatic rings. The van der Waals surface area contributed by atoms with Gasteiger partial charge in [0.25, 0.3) is 11.8 Å². The van der Waals surface area contributed by atoms with Gasteiger partial charge in [-0.2, -0.15) is 0 Å². The number of rotatable bonds is 9. The quantitative estimate of drug-likeness (QED) is 0.484. The number of benzene rings is 2. The second kappa shape index (κ2) is 11.6. The summed E-state index contributed by atoms with van der Waals surface area (Å²) in [5.74, 6) is 0.00820. The van der Waals surface area contributed by atoms with Crippen LogP contribution < -0.4 is 5.32 Å². The molecule has 1 aliphatic heterocycles. The fraction of sp³-hybridized carbons (Fsp3) is 0.370. The molecular weight excluding hydrogens is 428 g/mol. The Labute approximate surface area is 200 Å². The fourth-order valence-electron chi connectivity index (χ4n) is 4.34. The Kier molecular flexibility index (Phi) is 8.09. The first-order chi connectivity index (χ1) is 16.6. The summed E-state index contributed by atoms with van der Waals surface area (Å²) >= 11 is 0. The van der Waals surface area contributed by atoms with Crippen LogP contribution in [0.4, 0.5) is 0 Å². The van der Waals surface area contributed by atoms with E-state index in [-0.39, 0.29) is 17.5 Å². The van der Waals surface area contributed by atoms with E-state index in [1.54, 1.807) is 6.07 Å². The molecule has 34 heavy (non-hydrogen) atoms. The summed E-state index contributed by atoms with van der Waals surface area (Å²) in [7, 11) is 2.07. The summed E-state index contributed by atoms with van der Waals surface area (Å²) in [6, 6.07) is 17.6. The number of hydrogen-bond acceptors (Lipinski definition) is 5. The van der Waals surface area contributed by atoms with Crippen molar-refractivity contribution in [2.24, 2.45) is 0 Å². The number of nitrogens with one attached hydrogen (secondary N) is 1. The molecule has 0 spiro atoms. The van der Waals surface area contributed by atoms with Crippen LogP contribution >= 0.6 is 0 Å². The first-order valence-corrected chi connectivity index (χ1v) is 12.0. The lowest BCUT2D eigenvalue weighted by Crippen LogP contribution is -2.35. The zero-order chi connectivity index (χ0) is 23.8. The van der Waals surface area contributed by atoms with E-state index < -0.39 is 0 Å². The molecule has 178 valence electrons. The third-order valence-electron chi connectivity index (χ3n) is 6.13. The average Bonchev–Trinajstić information content (AvgIpc) is 3.37. The second-order valence-electron chi connectivity index (χ2n) is 8.76. The summed E-state index contributed by atoms with van der Waals surface area (Å²) in [6.45, 7) is 3.77. The summed E-state index contributed by atoms with van der Waals surface area (Å²) < 4.78 is 5.61. The molecule has 0 atom stereocenters. The number of piperidine rings is 1. The molecule has 2 heterocycles. The summed E-state index contributed by atoms with van der Waals surface area (Å²) in [6.07, 6.45) is 5.26. The van der Waals surface area contributed by atoms with Gasteiger partial charge in [0.1, 0.15) is 0 Å². The van der Waals surface area contributed by atoms with Gasteiger partial charge in [-0.05, 0) is 50.9 Å². The second-order valence-corrected chi connectivity index (χ2v) is 8.76. The lowest BCUT2D eigenvalue weighted by Gasteiger charge is -2.27. The summed E-state index contributed by atoms with van der Waals surface area (Å²) in [5, 5.41) is 2.94. The van der Waals surface area contributed by atoms with Crippen LogP contribution in [-0.2, 0) is 6.54 Å². The Morgan fingerprint density at radius 2 is 1.76 bits per heavy atom. The molecule has 0 radical (unpaired) electrons. The van der Waals surface area contributed by atoms with Gasteiger partial charge in [0.2, 0.25) is 0 Å². The Bertz CT molecular complexity index is 1090. The van der Waals surface area contributed by atoms with E-state index in [0.717, 1.165) is 51.9 Å². The van der Waals surface area contributed by atoms with Crippen LogP contribution in [0.25, 0.3) is 11.3 Å². The van der Waals surface area contributed by atoms with Crippen molar-refractivity contribution in [3.05, 3.63) is 77.8 Å². The van der Waals surface area contributed by atoms with Crippen LogP contribution in [0, 0.1) is 0 Å². The van der Waals surface area contributed by atoms with Crippen LogP contribution in [0.5, 0.6) is 0 Å². The van der Waals surface area contributed by atoms with Crippen molar-refractivity contribution >= 4 is 11.8 Å². The van der Waals surface area contributed by atoms with Gasteiger partial charge in [-0.25, -0.2) is 4.98 Å². The Hall–Kier alpha value is -3.45. The standard InChI is InChI=1S/C27H32N4O3/c1-30(19-21-11-4-2-5-12-21)16-10-15-28-26(32)24-25(34-20-29-24)22-13-6-7-14-23(22)27(33)31-17-8-3-9-18-31/h2,4-7,11-14,20H,3,8-10,15-19H2,1H3,(H,28,32). The van der Waals surface area contributed by atoms with Gasteiger partial charge in [-0.15, -0.1) is 0 Å². The van der Waals surface area contributed by atoms with Gasteiger partial charge in [0.05, 0.1) is 5.56 Å². The minimum Gasteiger partial charge on any atom is -0.443 e. The largest absolute Gasteiger partial charge is 0.443 e. The van der Waals surface area contributed by atoms with Crippen molar-refractivity contribution in [1.82, 2.24) is 20.1 Å². The minimum atomic E-state index is -0.297. The molecule has 0 unspecified atom stereocenters. The molecular formula is C27H32N4O3. The summed E-state index contributed by atoms with van der Waals surface area (Å²) in [4.78, 5) is 34.3. The minimum absolute atomic E-state index is 0.0282. The van der Waals surface area contributed by atoms with Gasteiger partial charge >= 0.3 is 0 Å². The zero-order valence-corrected chi connectivity index (χ0v) is 19.7. The lowest BCUT2D eigenvalue weighted by atomic mass is 10.0. The predicted octanol–water partition coefficient (Wildman–Crippen LogP) is 4.22. The van der Waals surface area contributed by atoms with E-state index in [4.69, 9.17) is 4.42 Å². The van der Waals surface area contributed by atoms with Crippen LogP contribution in [0.15, 0.2) is 65.4 Å². The maximum atomic E-state index is 13.2. The highest BCUT2D eigenvalue weighted by Gasteiger charge is 2.25. The normalized spacial score (nSPS) is 13.8. The lowest BCUT2D eigenvalue weighted by molar-refractivity contribution is 0.0724. The number of nitrogens with zero attached hydrogens (tertiary/aromatic N) is 3. The van der Waals surface area contributed by atoms with Gasteiger partial charge in [0, 0.05) is 31.7 Å². The van der Waals surface area contributed by atoms with Crippen molar-refractivity contribution < 1.29 is 14.0 Å². The van der Waals surface area contributed by atoms with Crippen molar-refractivity contribution in [2.45, 2.75) is 32.2 Å². The predicted molar refractivity (Wildman–Crippen MR) is 131 cm³/mol. The number of hydrogen-bond donors (Lipinski definition) is 1. The molecule has 2 amide bonds. The smallest absolute Gasteiger partial charge is 0.273 e. The van der Waals surface area contributed by atoms with Crippen LogP contribution in [0.3, 0.4) is 0 Å². The van der Waals surface area contributed by atoms with Gasteiger partial charge in [-0.3, -0.25) is 9.59 Å². The summed E-state index contributed by atoms with van der Waals surface area (Å²) in [5.41, 5.74) is 2.61. The van der Waals surface area contributed by atoms with Crippen molar-refractivity contribution in [3.63, 3.8) is 0 Å². The van der Waals surface area contributed by atoms with Crippen molar-refractivity contribution in [3.8, 4) is 11.3 Å². The van der Waals surface area contributed by atoms with Crippen molar-refractivity contribution in [2.75, 3.05) is 33.2 Å². The molecule has 1 fully saturated rings. The average molecular weight is 461 g/mol. The van der Waals surface area contributed by atoms with Gasteiger partial charge < -0.3 is 19.5 Å². The monoisotopic (exact) mass is 460 g/mol. The highest BCUT2D eigenvalue weighted by Crippen LogP contribution is 2.28. The molecule has 1 aliphatic rings. The van der Waals surface area contributed by atoms with Crippen LogP contribution in [-0.4, -0.2) is 59.8 Å². The molecule has 7 nitrogen and oxygen atoms in total. The maximum absolute atomic E-state index is 13.2. The van der Waals surface area contributed by atoms with E-state index in [2.05, 4.69) is 34.4 Å². The molecule has 0 saturated carbocycles. The third-order valence-corrected chi connectivity index (χ3v) is 6.13. The Morgan fingerprint density at radius 1 is 1.03 bits per heavy atom. The van der Waals surface area contributed by atoms with E-state index in [9.17, 15) is 9.59 Å². The number of oxazole rings is 1. The number of amides is 2. The molecule has 7 heteroatoms. The topological polar surface area (TPSA) is 78.7 Å². The number of aromatic nitrogens is 1. The number of carbonyl (C=O) groups is 2. The van der Waals surface area contributed by atoms with E-state index in [1.165, 1.54) is 12.0 Å². The molecule has 1 saturated heterocycles. The first-order valence-electron chi connectivity index (χ1n) is 12.0. The highest BCUT2D eigenvalue weighted by atomic mass is 16.3. The van der Waals surface area contributed by atoms with Gasteiger partial charge in [-0.1, -0.05) is 48.5 Å². The molecule has 1 aromatic heterocycles. The molecule has 0 aliphatic carbocycles. The zero-order valence-electron chi connectivity index (χ0n) is 19.7. The fourth-order valence-corrected chi connectivity index (χ4v) is 4.34. The molecule has 1 N–H and O–H groups in total. The van der Waals surface area contributed by atoms with Gasteiger partial charge in [0.15, 0.2) is 17.8 Å². The van der Waals surface area contributed by atoms with E-state index in [0.29, 0.717) is 23.4 Å². The Morgan fingerprint density at radius 3 is 2.56 bits per heavy atom. The Balaban J connectivity index is 1.36. The maximum Gasteiger partial charge on any atom is 0.273 e. The number of likely N-dealkylation sites (tertiary alicyclic amines) is 1. The third kappa shape index (κ3) is 5.91.